The third-order valence-corrected chi connectivity index (χ3v) is 2.80. The van der Waals surface area contributed by atoms with Gasteiger partial charge in [0.15, 0.2) is 0 Å². The highest BCUT2D eigenvalue weighted by molar-refractivity contribution is 7.52. The maximum Gasteiger partial charge on any atom is 0.0812 e. The van der Waals surface area contributed by atoms with Gasteiger partial charge in [-0.3, -0.25) is 0 Å². The highest BCUT2D eigenvalue weighted by atomic mass is 31.2. The Morgan fingerprint density at radius 3 is 1.75 bits per heavy atom. The van der Waals surface area contributed by atoms with E-state index in [9.17, 15) is 4.20 Å². The van der Waals surface area contributed by atoms with Gasteiger partial charge in [-0.25, -0.2) is 4.20 Å². The molecule has 0 rings (SSSR count). The molecule has 0 aliphatic heterocycles. The molecule has 0 spiro atoms. The van der Waals surface area contributed by atoms with E-state index in [2.05, 4.69) is 0 Å². The van der Waals surface area contributed by atoms with Gasteiger partial charge in [0.1, 0.15) is 0 Å². The second-order valence-electron chi connectivity index (χ2n) is 1.91. The molecule has 0 heterocycles. The van der Waals surface area contributed by atoms with Crippen LogP contribution in [0.4, 0.5) is 4.20 Å². The molecule has 0 unspecified atom stereocenters. The average molecular weight is 136 g/mol. The smallest absolute Gasteiger partial charge is 0.0812 e. The van der Waals surface area contributed by atoms with Crippen LogP contribution in [-0.4, -0.2) is 12.3 Å². The normalized spacial score (nSPS) is 10.5. The van der Waals surface area contributed by atoms with Gasteiger partial charge in [-0.15, -0.1) is 0 Å². The summed E-state index contributed by atoms with van der Waals surface area (Å²) >= 11 is 0. The molecular formula is C6H14FP. The van der Waals surface area contributed by atoms with Gasteiger partial charge in [0.25, 0.3) is 0 Å². The van der Waals surface area contributed by atoms with Crippen LogP contribution in [0.25, 0.3) is 0 Å². The molecule has 0 saturated heterocycles. The van der Waals surface area contributed by atoms with Gasteiger partial charge in [-0.1, -0.05) is 13.8 Å². The molecule has 0 N–H and O–H groups in total. The fourth-order valence-electron chi connectivity index (χ4n) is 0.597. The summed E-state index contributed by atoms with van der Waals surface area (Å²) in [6.45, 7) is 4.06. The van der Waals surface area contributed by atoms with Crippen LogP contribution in [0.1, 0.15) is 26.7 Å². The van der Waals surface area contributed by atoms with Crippen molar-refractivity contribution in [1.82, 2.24) is 0 Å². The molecule has 0 atom stereocenters. The minimum absolute atomic E-state index is 0.809. The van der Waals surface area contributed by atoms with Crippen LogP contribution in [-0.2, 0) is 0 Å². The van der Waals surface area contributed by atoms with Gasteiger partial charge in [-0.2, -0.15) is 0 Å². The third-order valence-electron chi connectivity index (χ3n) is 0.932. The Bertz CT molecular complexity index is 41.8. The molecule has 0 fully saturated rings. The number of rotatable bonds is 4. The van der Waals surface area contributed by atoms with Crippen molar-refractivity contribution in [2.45, 2.75) is 26.7 Å². The van der Waals surface area contributed by atoms with Crippen LogP contribution in [0.15, 0.2) is 0 Å². The van der Waals surface area contributed by atoms with E-state index in [1.807, 2.05) is 13.8 Å². The molecule has 8 heavy (non-hydrogen) atoms. The summed E-state index contributed by atoms with van der Waals surface area (Å²) in [5, 5.41) is 0. The Balaban J connectivity index is 2.92. The van der Waals surface area contributed by atoms with Crippen molar-refractivity contribution in [3.05, 3.63) is 0 Å². The molecule has 0 aliphatic rings. The lowest BCUT2D eigenvalue weighted by Gasteiger charge is -2.01. The van der Waals surface area contributed by atoms with Gasteiger partial charge in [0.2, 0.25) is 0 Å². The minimum atomic E-state index is -1.08. The summed E-state index contributed by atoms with van der Waals surface area (Å²) < 4.78 is 12.5. The molecule has 2 heteroatoms. The number of hydrogen-bond acceptors (Lipinski definition) is 0. The van der Waals surface area contributed by atoms with Gasteiger partial charge >= 0.3 is 0 Å². The second kappa shape index (κ2) is 5.50. The van der Waals surface area contributed by atoms with E-state index in [4.69, 9.17) is 0 Å². The molecule has 0 aromatic heterocycles. The maximum atomic E-state index is 12.5. The molecule has 0 aromatic rings. The van der Waals surface area contributed by atoms with Crippen molar-refractivity contribution in [3.8, 4) is 0 Å². The van der Waals surface area contributed by atoms with Gasteiger partial charge in [0.05, 0.1) is 8.23 Å². The zero-order valence-electron chi connectivity index (χ0n) is 5.65. The molecule has 0 bridgehead atoms. The zero-order valence-corrected chi connectivity index (χ0v) is 6.55. The van der Waals surface area contributed by atoms with Crippen molar-refractivity contribution in [2.24, 2.45) is 0 Å². The first-order chi connectivity index (χ1) is 3.81. The lowest BCUT2D eigenvalue weighted by molar-refractivity contribution is 0.855. The molecule has 0 saturated carbocycles. The van der Waals surface area contributed by atoms with Crippen molar-refractivity contribution < 1.29 is 4.20 Å². The highest BCUT2D eigenvalue weighted by Crippen LogP contribution is 2.37. The fraction of sp³-hybridized carbons (Fsp3) is 1.00. The van der Waals surface area contributed by atoms with Crippen molar-refractivity contribution >= 4 is 8.23 Å². The van der Waals surface area contributed by atoms with Crippen LogP contribution in [0.5, 0.6) is 0 Å². The molecule has 0 radical (unpaired) electrons. The summed E-state index contributed by atoms with van der Waals surface area (Å²) in [5.74, 6) is 0. The number of halogens is 1. The summed E-state index contributed by atoms with van der Waals surface area (Å²) in [5.41, 5.74) is 0. The maximum absolute atomic E-state index is 12.5. The second-order valence-corrected chi connectivity index (χ2v) is 3.73. The Morgan fingerprint density at radius 2 is 1.50 bits per heavy atom. The van der Waals surface area contributed by atoms with Crippen LogP contribution in [0.2, 0.25) is 0 Å². The Kier molecular flexibility index (Phi) is 5.74. The van der Waals surface area contributed by atoms with Crippen LogP contribution < -0.4 is 0 Å². The first-order valence-corrected chi connectivity index (χ1v) is 4.82. The molecular weight excluding hydrogens is 122 g/mol. The molecule has 0 nitrogen and oxygen atoms in total. The lowest BCUT2D eigenvalue weighted by atomic mass is 10.6. The zero-order chi connectivity index (χ0) is 6.41. The molecule has 0 amide bonds. The van der Waals surface area contributed by atoms with Gasteiger partial charge in [0, 0.05) is 0 Å². The van der Waals surface area contributed by atoms with Crippen LogP contribution in [0, 0.1) is 0 Å². The van der Waals surface area contributed by atoms with Crippen LogP contribution in [0.3, 0.4) is 0 Å². The van der Waals surface area contributed by atoms with E-state index >= 15 is 0 Å². The van der Waals surface area contributed by atoms with E-state index in [0.29, 0.717) is 0 Å². The molecule has 0 aromatic carbocycles. The van der Waals surface area contributed by atoms with E-state index in [1.165, 1.54) is 0 Å². The van der Waals surface area contributed by atoms with E-state index in [1.54, 1.807) is 0 Å². The highest BCUT2D eigenvalue weighted by Gasteiger charge is 2.00. The Labute approximate surface area is 52.4 Å². The quantitative estimate of drug-likeness (QED) is 0.521. The molecule has 50 valence electrons. The summed E-state index contributed by atoms with van der Waals surface area (Å²) in [6, 6.07) is 0. The topological polar surface area (TPSA) is 0 Å². The summed E-state index contributed by atoms with van der Waals surface area (Å²) in [6.07, 6.45) is 3.62. The Hall–Kier alpha value is 0.360. The van der Waals surface area contributed by atoms with Crippen molar-refractivity contribution in [2.75, 3.05) is 12.3 Å². The van der Waals surface area contributed by atoms with Gasteiger partial charge in [-0.05, 0) is 25.2 Å². The fourth-order valence-corrected chi connectivity index (χ4v) is 1.79. The van der Waals surface area contributed by atoms with E-state index < -0.39 is 8.23 Å². The average Bonchev–Trinajstić information content (AvgIpc) is 1.68. The predicted octanol–water partition coefficient (Wildman–Crippen LogP) is 3.17. The monoisotopic (exact) mass is 136 g/mol. The Morgan fingerprint density at radius 1 is 1.12 bits per heavy atom. The molecule has 0 aliphatic carbocycles. The van der Waals surface area contributed by atoms with E-state index in [0.717, 1.165) is 25.2 Å². The largest absolute Gasteiger partial charge is 0.227 e. The van der Waals surface area contributed by atoms with Crippen LogP contribution >= 0.6 is 8.23 Å². The minimum Gasteiger partial charge on any atom is -0.227 e. The third kappa shape index (κ3) is 4.52. The SMILES string of the molecule is CCCP(F)CCC. The first-order valence-electron chi connectivity index (χ1n) is 3.22. The van der Waals surface area contributed by atoms with Crippen molar-refractivity contribution in [3.63, 3.8) is 0 Å². The van der Waals surface area contributed by atoms with Gasteiger partial charge < -0.3 is 0 Å². The summed E-state index contributed by atoms with van der Waals surface area (Å²) in [4.78, 5) is 0. The standard InChI is InChI=1S/C6H14FP/c1-3-5-8(7)6-4-2/h3-6H2,1-2H3. The first kappa shape index (κ1) is 8.36. The predicted molar refractivity (Wildman–Crippen MR) is 38.3 cm³/mol. The number of hydrogen-bond donors (Lipinski definition) is 0. The summed E-state index contributed by atoms with van der Waals surface area (Å²) in [7, 11) is -1.08. The lowest BCUT2D eigenvalue weighted by Crippen LogP contribution is -1.80. The van der Waals surface area contributed by atoms with Crippen molar-refractivity contribution in [1.29, 1.82) is 0 Å². The van der Waals surface area contributed by atoms with E-state index in [-0.39, 0.29) is 0 Å².